The van der Waals surface area contributed by atoms with Crippen molar-refractivity contribution in [2.24, 2.45) is 0 Å². The SMILES string of the molecule is COc1ccccc1Cn1c(SCC(=O)Nc2ccc(C)c(C)c2)nc2c(oc3ccccc32)c1=O. The van der Waals surface area contributed by atoms with Gasteiger partial charge in [0.15, 0.2) is 5.16 Å². The van der Waals surface area contributed by atoms with Crippen molar-refractivity contribution in [3.05, 3.63) is 93.8 Å². The van der Waals surface area contributed by atoms with Crippen molar-refractivity contribution in [2.75, 3.05) is 18.2 Å². The van der Waals surface area contributed by atoms with Gasteiger partial charge in [0.05, 0.1) is 19.4 Å². The maximum atomic E-state index is 13.6. The van der Waals surface area contributed by atoms with E-state index in [1.165, 1.54) is 16.3 Å². The Hall–Kier alpha value is -4.04. The van der Waals surface area contributed by atoms with Gasteiger partial charge >= 0.3 is 0 Å². The van der Waals surface area contributed by atoms with Crippen LogP contribution in [0, 0.1) is 13.8 Å². The smallest absolute Gasteiger partial charge is 0.298 e. The van der Waals surface area contributed by atoms with Crippen LogP contribution >= 0.6 is 11.8 Å². The number of hydrogen-bond donors (Lipinski definition) is 1. The van der Waals surface area contributed by atoms with Gasteiger partial charge in [-0.25, -0.2) is 4.98 Å². The Labute approximate surface area is 212 Å². The van der Waals surface area contributed by atoms with Crippen LogP contribution in [-0.2, 0) is 11.3 Å². The Morgan fingerprint density at radius 2 is 1.83 bits per heavy atom. The molecule has 5 rings (SSSR count). The molecule has 3 aromatic carbocycles. The third kappa shape index (κ3) is 4.59. The second-order valence-electron chi connectivity index (χ2n) is 8.51. The molecule has 0 atom stereocenters. The van der Waals surface area contributed by atoms with E-state index in [4.69, 9.17) is 14.1 Å². The molecule has 0 unspecified atom stereocenters. The summed E-state index contributed by atoms with van der Waals surface area (Å²) in [7, 11) is 1.59. The first-order valence-electron chi connectivity index (χ1n) is 11.5. The van der Waals surface area contributed by atoms with Gasteiger partial charge in [-0.3, -0.25) is 14.2 Å². The first-order valence-corrected chi connectivity index (χ1v) is 12.5. The van der Waals surface area contributed by atoms with Crippen molar-refractivity contribution >= 4 is 45.4 Å². The molecule has 182 valence electrons. The topological polar surface area (TPSA) is 86.4 Å². The number of nitrogens with one attached hydrogen (secondary N) is 1. The molecule has 0 fully saturated rings. The number of aryl methyl sites for hydroxylation is 2. The van der Waals surface area contributed by atoms with Gasteiger partial charge in [-0.05, 0) is 55.3 Å². The Bertz CT molecular complexity index is 1650. The number of furan rings is 1. The summed E-state index contributed by atoms with van der Waals surface area (Å²) in [6.07, 6.45) is 0. The number of rotatable bonds is 7. The fourth-order valence-corrected chi connectivity index (χ4v) is 4.84. The minimum absolute atomic E-state index is 0.0899. The van der Waals surface area contributed by atoms with E-state index in [1.54, 1.807) is 7.11 Å². The van der Waals surface area contributed by atoms with Gasteiger partial charge in [-0.2, -0.15) is 0 Å². The summed E-state index contributed by atoms with van der Waals surface area (Å²) >= 11 is 1.21. The Morgan fingerprint density at radius 3 is 2.64 bits per heavy atom. The van der Waals surface area contributed by atoms with Crippen molar-refractivity contribution in [1.29, 1.82) is 0 Å². The Kier molecular flexibility index (Phi) is 6.52. The van der Waals surface area contributed by atoms with Gasteiger partial charge in [0.1, 0.15) is 16.8 Å². The van der Waals surface area contributed by atoms with Crippen LogP contribution in [0.2, 0.25) is 0 Å². The molecule has 0 aliphatic carbocycles. The molecular weight excluding hydrogens is 474 g/mol. The molecule has 0 saturated carbocycles. The highest BCUT2D eigenvalue weighted by Crippen LogP contribution is 2.28. The lowest BCUT2D eigenvalue weighted by Gasteiger charge is -2.14. The van der Waals surface area contributed by atoms with Crippen LogP contribution < -0.4 is 15.6 Å². The molecular formula is C28H25N3O4S. The number of nitrogens with zero attached hydrogens (tertiary/aromatic N) is 2. The summed E-state index contributed by atoms with van der Waals surface area (Å²) in [5.41, 5.74) is 4.78. The average Bonchev–Trinajstić information content (AvgIpc) is 3.26. The molecule has 0 bridgehead atoms. The van der Waals surface area contributed by atoms with E-state index in [0.717, 1.165) is 27.8 Å². The average molecular weight is 500 g/mol. The lowest BCUT2D eigenvalue weighted by Crippen LogP contribution is -2.24. The number of ether oxygens (including phenoxy) is 1. The number of amides is 1. The molecule has 5 aromatic rings. The van der Waals surface area contributed by atoms with Crippen molar-refractivity contribution < 1.29 is 13.9 Å². The number of carbonyl (C=O) groups excluding carboxylic acids is 1. The van der Waals surface area contributed by atoms with E-state index in [1.807, 2.05) is 80.6 Å². The normalized spacial score (nSPS) is 11.2. The van der Waals surface area contributed by atoms with E-state index in [9.17, 15) is 9.59 Å². The summed E-state index contributed by atoms with van der Waals surface area (Å²) in [6, 6.07) is 20.7. The van der Waals surface area contributed by atoms with Gasteiger partial charge in [0.2, 0.25) is 11.5 Å². The predicted molar refractivity (Wildman–Crippen MR) is 143 cm³/mol. The van der Waals surface area contributed by atoms with Crippen LogP contribution in [0.1, 0.15) is 16.7 Å². The Morgan fingerprint density at radius 1 is 1.06 bits per heavy atom. The van der Waals surface area contributed by atoms with Crippen molar-refractivity contribution in [2.45, 2.75) is 25.5 Å². The molecule has 0 spiro atoms. The first-order chi connectivity index (χ1) is 17.4. The maximum Gasteiger partial charge on any atom is 0.298 e. The third-order valence-electron chi connectivity index (χ3n) is 6.09. The molecule has 2 heterocycles. The molecule has 7 nitrogen and oxygen atoms in total. The van der Waals surface area contributed by atoms with Crippen LogP contribution in [-0.4, -0.2) is 28.3 Å². The maximum absolute atomic E-state index is 13.6. The summed E-state index contributed by atoms with van der Waals surface area (Å²) < 4.78 is 12.9. The molecule has 1 N–H and O–H groups in total. The number of anilines is 1. The van der Waals surface area contributed by atoms with E-state index in [-0.39, 0.29) is 29.3 Å². The fourth-order valence-electron chi connectivity index (χ4n) is 4.05. The zero-order valence-corrected chi connectivity index (χ0v) is 21.0. The minimum atomic E-state index is -0.306. The van der Waals surface area contributed by atoms with E-state index in [0.29, 0.717) is 22.0 Å². The third-order valence-corrected chi connectivity index (χ3v) is 7.07. The zero-order chi connectivity index (χ0) is 25.2. The standard InChI is InChI=1S/C28H25N3O4S/c1-17-12-13-20(14-18(17)2)29-24(32)16-36-28-30-25-21-9-5-7-11-23(21)35-26(25)27(33)31(28)15-19-8-4-6-10-22(19)34-3/h4-14H,15-16H2,1-3H3,(H,29,32). The van der Waals surface area contributed by atoms with Gasteiger partial charge in [0.25, 0.3) is 5.56 Å². The second-order valence-corrected chi connectivity index (χ2v) is 9.45. The summed E-state index contributed by atoms with van der Waals surface area (Å²) in [4.78, 5) is 31.2. The number of carbonyl (C=O) groups is 1. The predicted octanol–water partition coefficient (Wildman–Crippen LogP) is 5.55. The monoisotopic (exact) mass is 499 g/mol. The molecule has 2 aromatic heterocycles. The van der Waals surface area contributed by atoms with Crippen LogP contribution in [0.5, 0.6) is 5.75 Å². The van der Waals surface area contributed by atoms with Crippen molar-refractivity contribution in [1.82, 2.24) is 9.55 Å². The number of aromatic nitrogens is 2. The molecule has 1 amide bonds. The summed E-state index contributed by atoms with van der Waals surface area (Å²) in [5, 5.41) is 4.12. The molecule has 8 heteroatoms. The van der Waals surface area contributed by atoms with Crippen LogP contribution in [0.4, 0.5) is 5.69 Å². The largest absolute Gasteiger partial charge is 0.496 e. The summed E-state index contributed by atoms with van der Waals surface area (Å²) in [6.45, 7) is 4.26. The minimum Gasteiger partial charge on any atom is -0.496 e. The number of fused-ring (bicyclic) bond motifs is 3. The van der Waals surface area contributed by atoms with Crippen molar-refractivity contribution in [3.63, 3.8) is 0 Å². The van der Waals surface area contributed by atoms with Crippen LogP contribution in [0.3, 0.4) is 0 Å². The molecule has 0 aliphatic rings. The van der Waals surface area contributed by atoms with Crippen molar-refractivity contribution in [3.8, 4) is 5.75 Å². The second kappa shape index (κ2) is 9.91. The highest BCUT2D eigenvalue weighted by Gasteiger charge is 2.20. The molecule has 0 aliphatic heterocycles. The van der Waals surface area contributed by atoms with E-state index < -0.39 is 0 Å². The molecule has 36 heavy (non-hydrogen) atoms. The van der Waals surface area contributed by atoms with Gasteiger partial charge in [0, 0.05) is 16.6 Å². The van der Waals surface area contributed by atoms with Gasteiger partial charge < -0.3 is 14.5 Å². The van der Waals surface area contributed by atoms with Gasteiger partial charge in [-0.15, -0.1) is 0 Å². The fraction of sp³-hybridized carbons (Fsp3) is 0.179. The van der Waals surface area contributed by atoms with Crippen LogP contribution in [0.25, 0.3) is 22.1 Å². The first kappa shape index (κ1) is 23.7. The summed E-state index contributed by atoms with van der Waals surface area (Å²) in [5.74, 6) is 0.572. The van der Waals surface area contributed by atoms with Crippen LogP contribution in [0.15, 0.2) is 81.1 Å². The van der Waals surface area contributed by atoms with E-state index >= 15 is 0 Å². The van der Waals surface area contributed by atoms with E-state index in [2.05, 4.69) is 5.32 Å². The number of para-hydroxylation sites is 2. The number of benzene rings is 3. The lowest BCUT2D eigenvalue weighted by molar-refractivity contribution is -0.113. The Balaban J connectivity index is 1.51. The highest BCUT2D eigenvalue weighted by molar-refractivity contribution is 7.99. The quantitative estimate of drug-likeness (QED) is 0.234. The highest BCUT2D eigenvalue weighted by atomic mass is 32.2. The zero-order valence-electron chi connectivity index (χ0n) is 20.2. The molecule has 0 saturated heterocycles. The lowest BCUT2D eigenvalue weighted by atomic mass is 10.1. The number of methoxy groups -OCH3 is 1. The van der Waals surface area contributed by atoms with Gasteiger partial charge in [-0.1, -0.05) is 48.2 Å². The number of hydrogen-bond acceptors (Lipinski definition) is 6. The number of thioether (sulfide) groups is 1. The molecule has 0 radical (unpaired) electrons.